The molecule has 0 amide bonds. The smallest absolute Gasteiger partial charge is 0.113 e. The average Bonchev–Trinajstić information content (AvgIpc) is 2.98. The molecule has 0 aliphatic heterocycles. The van der Waals surface area contributed by atoms with Gasteiger partial charge in [-0.1, -0.05) is 32.9 Å². The molecule has 2 heterocycles. The highest BCUT2D eigenvalue weighted by molar-refractivity contribution is 7.09. The second kappa shape index (κ2) is 4.74. The summed E-state index contributed by atoms with van der Waals surface area (Å²) >= 11 is 1.76. The molecular formula is C17H20N2S. The molecule has 0 aliphatic carbocycles. The van der Waals surface area contributed by atoms with Crippen LogP contribution >= 0.6 is 11.3 Å². The first kappa shape index (κ1) is 13.4. The van der Waals surface area contributed by atoms with Gasteiger partial charge in [0.05, 0.1) is 12.2 Å². The third-order valence-electron chi connectivity index (χ3n) is 3.66. The third-order valence-corrected chi connectivity index (χ3v) is 4.49. The number of benzene rings is 1. The van der Waals surface area contributed by atoms with Crippen molar-refractivity contribution < 1.29 is 0 Å². The van der Waals surface area contributed by atoms with E-state index < -0.39 is 0 Å². The zero-order valence-corrected chi connectivity index (χ0v) is 13.3. The van der Waals surface area contributed by atoms with Gasteiger partial charge >= 0.3 is 0 Å². The lowest BCUT2D eigenvalue weighted by Crippen LogP contribution is -2.11. The first-order chi connectivity index (χ1) is 9.45. The number of hydrogen-bond donors (Lipinski definition) is 0. The van der Waals surface area contributed by atoms with E-state index >= 15 is 0 Å². The molecule has 0 atom stereocenters. The van der Waals surface area contributed by atoms with Crippen LogP contribution in [0.25, 0.3) is 10.9 Å². The maximum atomic E-state index is 4.78. The SMILES string of the molecule is Cc1cccc2c1ccn2Cc1nc(C(C)(C)C)cs1. The number of rotatable bonds is 2. The molecule has 0 N–H and O–H groups in total. The summed E-state index contributed by atoms with van der Waals surface area (Å²) in [5.74, 6) is 0. The third kappa shape index (κ3) is 2.38. The van der Waals surface area contributed by atoms with E-state index in [4.69, 9.17) is 4.98 Å². The Morgan fingerprint density at radius 3 is 2.70 bits per heavy atom. The van der Waals surface area contributed by atoms with Crippen molar-refractivity contribution in [2.45, 2.75) is 39.7 Å². The van der Waals surface area contributed by atoms with Crippen LogP contribution in [-0.4, -0.2) is 9.55 Å². The van der Waals surface area contributed by atoms with Crippen LogP contribution in [0.1, 0.15) is 37.0 Å². The molecule has 2 aromatic heterocycles. The first-order valence-corrected chi connectivity index (χ1v) is 7.82. The molecule has 20 heavy (non-hydrogen) atoms. The Morgan fingerprint density at radius 1 is 1.20 bits per heavy atom. The van der Waals surface area contributed by atoms with Crippen molar-refractivity contribution in [3.05, 3.63) is 52.1 Å². The van der Waals surface area contributed by atoms with Crippen molar-refractivity contribution in [2.24, 2.45) is 0 Å². The molecule has 1 aromatic carbocycles. The van der Waals surface area contributed by atoms with Crippen LogP contribution in [-0.2, 0) is 12.0 Å². The summed E-state index contributed by atoms with van der Waals surface area (Å²) in [5, 5.41) is 4.70. The monoisotopic (exact) mass is 284 g/mol. The van der Waals surface area contributed by atoms with Crippen molar-refractivity contribution >= 4 is 22.2 Å². The van der Waals surface area contributed by atoms with E-state index in [-0.39, 0.29) is 5.41 Å². The number of hydrogen-bond acceptors (Lipinski definition) is 2. The number of nitrogens with zero attached hydrogens (tertiary/aromatic N) is 2. The second-order valence-corrected chi connectivity index (χ2v) is 7.27. The van der Waals surface area contributed by atoms with Gasteiger partial charge in [0.15, 0.2) is 0 Å². The summed E-state index contributed by atoms with van der Waals surface area (Å²) in [4.78, 5) is 4.78. The fraction of sp³-hybridized carbons (Fsp3) is 0.353. The molecule has 0 aliphatic rings. The summed E-state index contributed by atoms with van der Waals surface area (Å²) in [7, 11) is 0. The number of aromatic nitrogens is 2. The van der Waals surface area contributed by atoms with E-state index in [1.165, 1.54) is 27.2 Å². The molecule has 0 saturated carbocycles. The molecule has 3 rings (SSSR count). The van der Waals surface area contributed by atoms with Gasteiger partial charge in [-0.25, -0.2) is 4.98 Å². The highest BCUT2D eigenvalue weighted by atomic mass is 32.1. The van der Waals surface area contributed by atoms with E-state index in [1.54, 1.807) is 11.3 Å². The zero-order valence-electron chi connectivity index (χ0n) is 12.5. The molecule has 104 valence electrons. The number of aryl methyl sites for hydroxylation is 1. The van der Waals surface area contributed by atoms with Gasteiger partial charge in [0.1, 0.15) is 5.01 Å². The summed E-state index contributed by atoms with van der Waals surface area (Å²) in [6, 6.07) is 8.66. The van der Waals surface area contributed by atoms with Gasteiger partial charge in [0, 0.05) is 27.9 Å². The lowest BCUT2D eigenvalue weighted by molar-refractivity contribution is 0.570. The molecular weight excluding hydrogens is 264 g/mol. The Labute approximate surface area is 124 Å². The minimum Gasteiger partial charge on any atom is -0.341 e. The minimum atomic E-state index is 0.129. The predicted molar refractivity (Wildman–Crippen MR) is 86.6 cm³/mol. The number of thiazole rings is 1. The second-order valence-electron chi connectivity index (χ2n) is 6.33. The molecule has 0 saturated heterocycles. The lowest BCUT2D eigenvalue weighted by atomic mass is 9.93. The molecule has 2 nitrogen and oxygen atoms in total. The zero-order chi connectivity index (χ0) is 14.3. The van der Waals surface area contributed by atoms with Crippen molar-refractivity contribution in [1.29, 1.82) is 0 Å². The van der Waals surface area contributed by atoms with Gasteiger partial charge in [0.25, 0.3) is 0 Å². The van der Waals surface area contributed by atoms with Crippen LogP contribution in [0.3, 0.4) is 0 Å². The molecule has 3 heteroatoms. The first-order valence-electron chi connectivity index (χ1n) is 6.94. The summed E-state index contributed by atoms with van der Waals surface area (Å²) < 4.78 is 2.29. The Kier molecular flexibility index (Phi) is 3.17. The van der Waals surface area contributed by atoms with Crippen LogP contribution in [0.15, 0.2) is 35.8 Å². The molecule has 0 fully saturated rings. The maximum Gasteiger partial charge on any atom is 0.113 e. The Balaban J connectivity index is 1.94. The van der Waals surface area contributed by atoms with E-state index in [1.807, 2.05) is 0 Å². The quantitative estimate of drug-likeness (QED) is 0.664. The van der Waals surface area contributed by atoms with Gasteiger partial charge in [-0.15, -0.1) is 11.3 Å². The molecule has 0 spiro atoms. The van der Waals surface area contributed by atoms with Crippen LogP contribution < -0.4 is 0 Å². The van der Waals surface area contributed by atoms with E-state index in [2.05, 4.69) is 68.1 Å². The van der Waals surface area contributed by atoms with Crippen molar-refractivity contribution in [3.63, 3.8) is 0 Å². The van der Waals surface area contributed by atoms with E-state index in [0.29, 0.717) is 0 Å². The van der Waals surface area contributed by atoms with E-state index in [0.717, 1.165) is 6.54 Å². The van der Waals surface area contributed by atoms with Crippen molar-refractivity contribution in [2.75, 3.05) is 0 Å². The van der Waals surface area contributed by atoms with Crippen molar-refractivity contribution in [1.82, 2.24) is 9.55 Å². The molecule has 3 aromatic rings. The van der Waals surface area contributed by atoms with Crippen LogP contribution in [0.4, 0.5) is 0 Å². The van der Waals surface area contributed by atoms with Crippen LogP contribution in [0, 0.1) is 6.92 Å². The largest absolute Gasteiger partial charge is 0.341 e. The van der Waals surface area contributed by atoms with Crippen molar-refractivity contribution in [3.8, 4) is 0 Å². The van der Waals surface area contributed by atoms with Gasteiger partial charge in [0.2, 0.25) is 0 Å². The Morgan fingerprint density at radius 2 is 2.00 bits per heavy atom. The van der Waals surface area contributed by atoms with Gasteiger partial charge in [-0.2, -0.15) is 0 Å². The van der Waals surface area contributed by atoms with Gasteiger partial charge in [-0.05, 0) is 24.6 Å². The lowest BCUT2D eigenvalue weighted by Gasteiger charge is -2.14. The predicted octanol–water partition coefficient (Wildman–Crippen LogP) is 4.75. The fourth-order valence-electron chi connectivity index (χ4n) is 2.39. The molecule has 0 bridgehead atoms. The minimum absolute atomic E-state index is 0.129. The molecule has 0 unspecified atom stereocenters. The Bertz CT molecular complexity index is 744. The average molecular weight is 284 g/mol. The standard InChI is InChI=1S/C17H20N2S/c1-12-6-5-7-14-13(12)8-9-19(14)10-16-18-15(11-20-16)17(2,3)4/h5-9,11H,10H2,1-4H3. The molecule has 0 radical (unpaired) electrons. The fourth-order valence-corrected chi connectivity index (χ4v) is 3.41. The highest BCUT2D eigenvalue weighted by Crippen LogP contribution is 2.26. The summed E-state index contributed by atoms with van der Waals surface area (Å²) in [5.41, 5.74) is 3.93. The van der Waals surface area contributed by atoms with Crippen LogP contribution in [0.5, 0.6) is 0 Å². The highest BCUT2D eigenvalue weighted by Gasteiger charge is 2.17. The maximum absolute atomic E-state index is 4.78. The summed E-state index contributed by atoms with van der Waals surface area (Å²) in [6.07, 6.45) is 2.16. The summed E-state index contributed by atoms with van der Waals surface area (Å²) in [6.45, 7) is 9.64. The van der Waals surface area contributed by atoms with Gasteiger partial charge < -0.3 is 4.57 Å². The topological polar surface area (TPSA) is 17.8 Å². The van der Waals surface area contributed by atoms with Gasteiger partial charge in [-0.3, -0.25) is 0 Å². The normalized spacial score (nSPS) is 12.2. The number of fused-ring (bicyclic) bond motifs is 1. The Hall–Kier alpha value is -1.61. The van der Waals surface area contributed by atoms with E-state index in [9.17, 15) is 0 Å². The van der Waals surface area contributed by atoms with Crippen LogP contribution in [0.2, 0.25) is 0 Å².